The molecule has 3 heterocycles. The summed E-state index contributed by atoms with van der Waals surface area (Å²) in [4.78, 5) is 12.6. The van der Waals surface area contributed by atoms with Crippen LogP contribution in [0, 0.1) is 11.3 Å². The van der Waals surface area contributed by atoms with Crippen LogP contribution in [0.2, 0.25) is 0 Å². The Morgan fingerprint density at radius 1 is 1.26 bits per heavy atom. The average Bonchev–Trinajstić information content (AvgIpc) is 3.46. The summed E-state index contributed by atoms with van der Waals surface area (Å²) >= 11 is 1.22. The van der Waals surface area contributed by atoms with Gasteiger partial charge in [0.15, 0.2) is 0 Å². The molecule has 0 saturated carbocycles. The average molecular weight is 434 g/mol. The standard InChI is InChI=1S/C20H18N8O2S/c1-13(9-28-12-22-11-25-28)30-18-4-14(2-3-15(18)6-21)16-7-23-20(24-8-16)26-19-5-17(10-29)27-31-19/h2-5,7-8,11-13,29H,9-10H2,1H3,(H,23,24,26)/t13-/m0/s1. The number of benzene rings is 1. The molecular formula is C20H18N8O2S. The number of rotatable bonds is 8. The Morgan fingerprint density at radius 3 is 2.77 bits per heavy atom. The van der Waals surface area contributed by atoms with E-state index in [9.17, 15) is 5.26 Å². The van der Waals surface area contributed by atoms with Crippen molar-refractivity contribution < 1.29 is 9.84 Å². The Balaban J connectivity index is 1.49. The molecule has 4 rings (SSSR count). The van der Waals surface area contributed by atoms with Crippen LogP contribution < -0.4 is 10.1 Å². The molecule has 0 amide bonds. The molecule has 0 fully saturated rings. The first-order valence-electron chi connectivity index (χ1n) is 9.33. The molecule has 0 aliphatic carbocycles. The molecular weight excluding hydrogens is 416 g/mol. The number of ether oxygens (including phenoxy) is 1. The van der Waals surface area contributed by atoms with Crippen molar-refractivity contribution >= 4 is 22.5 Å². The van der Waals surface area contributed by atoms with Crippen molar-refractivity contribution in [2.24, 2.45) is 0 Å². The van der Waals surface area contributed by atoms with Gasteiger partial charge in [0.2, 0.25) is 5.95 Å². The van der Waals surface area contributed by atoms with E-state index in [1.807, 2.05) is 13.0 Å². The normalized spacial score (nSPS) is 11.6. The van der Waals surface area contributed by atoms with Gasteiger partial charge in [-0.05, 0) is 42.2 Å². The van der Waals surface area contributed by atoms with E-state index >= 15 is 0 Å². The zero-order valence-corrected chi connectivity index (χ0v) is 17.3. The predicted molar refractivity (Wildman–Crippen MR) is 114 cm³/mol. The number of aliphatic hydroxyl groups excluding tert-OH is 1. The number of aromatic nitrogens is 6. The van der Waals surface area contributed by atoms with Crippen molar-refractivity contribution in [3.8, 4) is 22.9 Å². The van der Waals surface area contributed by atoms with E-state index in [1.165, 1.54) is 17.9 Å². The second kappa shape index (κ2) is 9.29. The molecule has 1 atom stereocenters. The first-order chi connectivity index (χ1) is 15.1. The second-order valence-corrected chi connectivity index (χ2v) is 7.43. The van der Waals surface area contributed by atoms with Crippen molar-refractivity contribution in [3.63, 3.8) is 0 Å². The number of anilines is 2. The number of nitriles is 1. The lowest BCUT2D eigenvalue weighted by Gasteiger charge is -2.16. The molecule has 0 aliphatic heterocycles. The van der Waals surface area contributed by atoms with E-state index in [2.05, 4.69) is 35.8 Å². The van der Waals surface area contributed by atoms with Crippen molar-refractivity contribution in [1.82, 2.24) is 29.1 Å². The van der Waals surface area contributed by atoms with Gasteiger partial charge in [-0.3, -0.25) is 0 Å². The van der Waals surface area contributed by atoms with Crippen LogP contribution in [0.25, 0.3) is 11.1 Å². The quantitative estimate of drug-likeness (QED) is 0.429. The monoisotopic (exact) mass is 434 g/mol. The third kappa shape index (κ3) is 5.00. The van der Waals surface area contributed by atoms with Crippen LogP contribution in [-0.2, 0) is 13.2 Å². The van der Waals surface area contributed by atoms with Crippen LogP contribution in [0.3, 0.4) is 0 Å². The van der Waals surface area contributed by atoms with Gasteiger partial charge in [0.1, 0.15) is 35.6 Å². The summed E-state index contributed by atoms with van der Waals surface area (Å²) in [7, 11) is 0. The fourth-order valence-corrected chi connectivity index (χ4v) is 3.49. The minimum absolute atomic E-state index is 0.113. The van der Waals surface area contributed by atoms with Gasteiger partial charge < -0.3 is 15.2 Å². The number of aliphatic hydroxyl groups is 1. The van der Waals surface area contributed by atoms with E-state index < -0.39 is 0 Å². The molecule has 2 N–H and O–H groups in total. The SMILES string of the molecule is C[C@@H](Cn1cncn1)Oc1cc(-c2cnc(Nc3cc(CO)ns3)nc2)ccc1C#N. The third-order valence-electron chi connectivity index (χ3n) is 4.28. The van der Waals surface area contributed by atoms with Gasteiger partial charge in [0.05, 0.1) is 24.4 Å². The van der Waals surface area contributed by atoms with E-state index in [0.29, 0.717) is 29.5 Å². The van der Waals surface area contributed by atoms with Gasteiger partial charge in [-0.1, -0.05) is 6.07 Å². The molecule has 31 heavy (non-hydrogen) atoms. The number of nitrogens with zero attached hydrogens (tertiary/aromatic N) is 7. The van der Waals surface area contributed by atoms with Crippen LogP contribution in [0.4, 0.5) is 10.9 Å². The summed E-state index contributed by atoms with van der Waals surface area (Å²) in [5.74, 6) is 0.902. The summed E-state index contributed by atoms with van der Waals surface area (Å²) < 4.78 is 11.8. The molecule has 4 aromatic rings. The summed E-state index contributed by atoms with van der Waals surface area (Å²) in [6.07, 6.45) is 6.24. The minimum Gasteiger partial charge on any atom is -0.487 e. The van der Waals surface area contributed by atoms with E-state index in [1.54, 1.807) is 41.6 Å². The van der Waals surface area contributed by atoms with Gasteiger partial charge >= 0.3 is 0 Å². The van der Waals surface area contributed by atoms with Crippen molar-refractivity contribution in [2.45, 2.75) is 26.2 Å². The molecule has 10 nitrogen and oxygen atoms in total. The summed E-state index contributed by atoms with van der Waals surface area (Å²) in [6, 6.07) is 9.25. The van der Waals surface area contributed by atoms with Gasteiger partial charge in [-0.15, -0.1) is 0 Å². The Labute approximate surface area is 182 Å². The molecule has 0 radical (unpaired) electrons. The lowest BCUT2D eigenvalue weighted by Crippen LogP contribution is -2.20. The van der Waals surface area contributed by atoms with E-state index in [-0.39, 0.29) is 12.7 Å². The number of hydrogen-bond acceptors (Lipinski definition) is 10. The van der Waals surface area contributed by atoms with Crippen molar-refractivity contribution in [1.29, 1.82) is 5.26 Å². The highest BCUT2D eigenvalue weighted by Gasteiger charge is 2.12. The minimum atomic E-state index is -0.213. The molecule has 0 unspecified atom stereocenters. The molecule has 1 aromatic carbocycles. The van der Waals surface area contributed by atoms with Gasteiger partial charge in [-0.25, -0.2) is 19.6 Å². The van der Waals surface area contributed by atoms with Crippen LogP contribution in [-0.4, -0.2) is 40.3 Å². The highest BCUT2D eigenvalue weighted by Crippen LogP contribution is 2.28. The third-order valence-corrected chi connectivity index (χ3v) is 5.02. The predicted octanol–water partition coefficient (Wildman–Crippen LogP) is 2.77. The maximum absolute atomic E-state index is 9.44. The zero-order valence-electron chi connectivity index (χ0n) is 16.5. The fourth-order valence-electron chi connectivity index (χ4n) is 2.83. The molecule has 3 aromatic heterocycles. The number of hydrogen-bond donors (Lipinski definition) is 2. The van der Waals surface area contributed by atoms with E-state index in [4.69, 9.17) is 9.84 Å². The maximum Gasteiger partial charge on any atom is 0.227 e. The second-order valence-electron chi connectivity index (χ2n) is 6.63. The lowest BCUT2D eigenvalue weighted by molar-refractivity contribution is 0.193. The molecule has 156 valence electrons. The Kier molecular flexibility index (Phi) is 6.11. The van der Waals surface area contributed by atoms with Crippen molar-refractivity contribution in [2.75, 3.05) is 5.32 Å². The maximum atomic E-state index is 9.44. The largest absolute Gasteiger partial charge is 0.487 e. The van der Waals surface area contributed by atoms with Gasteiger partial charge in [0, 0.05) is 18.0 Å². The number of nitrogens with one attached hydrogen (secondary N) is 1. The summed E-state index contributed by atoms with van der Waals surface area (Å²) in [5.41, 5.74) is 2.64. The first kappa shape index (κ1) is 20.4. The highest BCUT2D eigenvalue weighted by atomic mass is 32.1. The Morgan fingerprint density at radius 2 is 2.10 bits per heavy atom. The van der Waals surface area contributed by atoms with Crippen LogP contribution >= 0.6 is 11.5 Å². The molecule has 11 heteroatoms. The van der Waals surface area contributed by atoms with Crippen LogP contribution in [0.1, 0.15) is 18.2 Å². The first-order valence-corrected chi connectivity index (χ1v) is 10.1. The van der Waals surface area contributed by atoms with Gasteiger partial charge in [0.25, 0.3) is 0 Å². The Bertz CT molecular complexity index is 1180. The smallest absolute Gasteiger partial charge is 0.227 e. The Hall–Kier alpha value is -3.88. The molecule has 0 spiro atoms. The summed E-state index contributed by atoms with van der Waals surface area (Å²) in [5, 5.41) is 26.4. The highest BCUT2D eigenvalue weighted by molar-refractivity contribution is 7.10. The van der Waals surface area contributed by atoms with Crippen LogP contribution in [0.5, 0.6) is 5.75 Å². The van der Waals surface area contributed by atoms with Gasteiger partial charge in [-0.2, -0.15) is 14.7 Å². The zero-order chi connectivity index (χ0) is 21.6. The molecule has 0 saturated heterocycles. The molecule has 0 bridgehead atoms. The topological polar surface area (TPSA) is 135 Å². The van der Waals surface area contributed by atoms with Crippen LogP contribution in [0.15, 0.2) is 49.3 Å². The fraction of sp³-hybridized carbons (Fsp3) is 0.200. The lowest BCUT2D eigenvalue weighted by atomic mass is 10.1. The summed E-state index contributed by atoms with van der Waals surface area (Å²) in [6.45, 7) is 2.30. The van der Waals surface area contributed by atoms with E-state index in [0.717, 1.165) is 16.1 Å². The van der Waals surface area contributed by atoms with Crippen molar-refractivity contribution in [3.05, 3.63) is 60.6 Å². The molecule has 0 aliphatic rings.